The van der Waals surface area contributed by atoms with Crippen LogP contribution < -0.4 is 15.0 Å². The summed E-state index contributed by atoms with van der Waals surface area (Å²) in [6, 6.07) is 17.9. The van der Waals surface area contributed by atoms with Crippen molar-refractivity contribution in [2.24, 2.45) is 0 Å². The number of amides is 1. The first-order valence-corrected chi connectivity index (χ1v) is 14.3. The SMILES string of the molecule is COc1ccc(C(=O)N2C3CC2CN(c2ccc(-c4nc(Nc5cc(C6CC6)[nH]n5)c5ccccc5n4)cn2)C3)cn1. The van der Waals surface area contributed by atoms with Gasteiger partial charge in [0, 0.05) is 60.2 Å². The first-order valence-electron chi connectivity index (χ1n) is 14.3. The van der Waals surface area contributed by atoms with Gasteiger partial charge < -0.3 is 19.9 Å². The van der Waals surface area contributed by atoms with Gasteiger partial charge in [-0.1, -0.05) is 12.1 Å². The number of rotatable bonds is 7. The molecule has 1 saturated carbocycles. The van der Waals surface area contributed by atoms with Gasteiger partial charge in [0.1, 0.15) is 11.6 Å². The Morgan fingerprint density at radius 2 is 1.86 bits per heavy atom. The molecule has 2 atom stereocenters. The van der Waals surface area contributed by atoms with Crippen molar-refractivity contribution in [1.29, 1.82) is 0 Å². The zero-order valence-electron chi connectivity index (χ0n) is 23.1. The summed E-state index contributed by atoms with van der Waals surface area (Å²) in [6.07, 6.45) is 6.84. The van der Waals surface area contributed by atoms with Crippen LogP contribution in [0.2, 0.25) is 0 Å². The summed E-state index contributed by atoms with van der Waals surface area (Å²) in [5.74, 6) is 4.05. The van der Waals surface area contributed by atoms with E-state index in [2.05, 4.69) is 31.5 Å². The molecule has 2 unspecified atom stereocenters. The van der Waals surface area contributed by atoms with Gasteiger partial charge in [0.05, 0.1) is 30.3 Å². The molecule has 5 aromatic rings. The Morgan fingerprint density at radius 3 is 2.60 bits per heavy atom. The predicted octanol–water partition coefficient (Wildman–Crippen LogP) is 4.54. The number of pyridine rings is 2. The average Bonchev–Trinajstić information content (AvgIpc) is 3.79. The van der Waals surface area contributed by atoms with E-state index in [4.69, 9.17) is 19.7 Å². The van der Waals surface area contributed by atoms with Gasteiger partial charge in [0.2, 0.25) is 5.88 Å². The van der Waals surface area contributed by atoms with Gasteiger partial charge in [-0.25, -0.2) is 19.9 Å². The fourth-order valence-electron chi connectivity index (χ4n) is 6.04. The third-order valence-corrected chi connectivity index (χ3v) is 8.41. The minimum Gasteiger partial charge on any atom is -0.481 e. The lowest BCUT2D eigenvalue weighted by atomic mass is 9.86. The summed E-state index contributed by atoms with van der Waals surface area (Å²) in [6.45, 7) is 1.48. The van der Waals surface area contributed by atoms with Crippen molar-refractivity contribution in [2.75, 3.05) is 30.4 Å². The summed E-state index contributed by atoms with van der Waals surface area (Å²) in [5.41, 5.74) is 3.43. The van der Waals surface area contributed by atoms with Crippen LogP contribution in [-0.4, -0.2) is 73.2 Å². The number of benzene rings is 1. The number of para-hydroxylation sites is 1. The first kappa shape index (κ1) is 24.7. The highest BCUT2D eigenvalue weighted by Crippen LogP contribution is 2.40. The molecule has 0 radical (unpaired) electrons. The number of ether oxygens (including phenoxy) is 1. The lowest BCUT2D eigenvalue weighted by Gasteiger charge is -2.56. The number of hydrogen-bond donors (Lipinski definition) is 2. The average molecular weight is 560 g/mol. The molecule has 2 bridgehead atoms. The van der Waals surface area contributed by atoms with Crippen molar-refractivity contribution < 1.29 is 9.53 Å². The fraction of sp³-hybridized carbons (Fsp3) is 0.290. The van der Waals surface area contributed by atoms with Gasteiger partial charge in [-0.3, -0.25) is 9.89 Å². The van der Waals surface area contributed by atoms with Crippen molar-refractivity contribution in [2.45, 2.75) is 37.3 Å². The number of piperidine rings is 1. The molecule has 42 heavy (non-hydrogen) atoms. The summed E-state index contributed by atoms with van der Waals surface area (Å²) >= 11 is 0. The lowest BCUT2D eigenvalue weighted by molar-refractivity contribution is 0.00572. The van der Waals surface area contributed by atoms with Crippen molar-refractivity contribution in [3.63, 3.8) is 0 Å². The molecule has 7 heterocycles. The standard InChI is InChI=1S/C31H29N9O2/c1-42-28-11-9-20(15-33-28)31(41)40-21-12-22(40)17-39(16-21)27-10-8-19(14-32-27)29-34-24-5-3-2-4-23(24)30(36-29)35-26-13-25(37-38-26)18-6-7-18/h2-5,8-11,13-15,18,21-22H,6-7,12,16-17H2,1H3,(H2,34,35,36,37,38). The summed E-state index contributed by atoms with van der Waals surface area (Å²) < 4.78 is 5.12. The highest BCUT2D eigenvalue weighted by atomic mass is 16.5. The Hall–Kier alpha value is -5.06. The molecule has 3 saturated heterocycles. The number of carbonyl (C=O) groups excluding carboxylic acids is 1. The minimum absolute atomic E-state index is 0.0193. The van der Waals surface area contributed by atoms with Crippen LogP contribution in [0.4, 0.5) is 17.5 Å². The molecule has 0 spiro atoms. The second-order valence-corrected chi connectivity index (χ2v) is 11.2. The number of anilines is 3. The molecule has 4 aliphatic rings. The molecule has 9 rings (SSSR count). The monoisotopic (exact) mass is 559 g/mol. The van der Waals surface area contributed by atoms with E-state index in [1.54, 1.807) is 25.4 Å². The zero-order valence-corrected chi connectivity index (χ0v) is 23.1. The quantitative estimate of drug-likeness (QED) is 0.296. The molecule has 1 aromatic carbocycles. The highest BCUT2D eigenvalue weighted by Gasteiger charge is 2.47. The summed E-state index contributed by atoms with van der Waals surface area (Å²) in [4.78, 5) is 36.1. The van der Waals surface area contributed by atoms with E-state index in [0.29, 0.717) is 29.0 Å². The number of nitrogens with zero attached hydrogens (tertiary/aromatic N) is 7. The van der Waals surface area contributed by atoms with Gasteiger partial charge in [-0.05, 0) is 49.6 Å². The van der Waals surface area contributed by atoms with Gasteiger partial charge in [0.15, 0.2) is 11.6 Å². The maximum atomic E-state index is 13.1. The molecule has 11 heteroatoms. The number of aromatic amines is 1. The van der Waals surface area contributed by atoms with Gasteiger partial charge in [-0.15, -0.1) is 0 Å². The lowest BCUT2D eigenvalue weighted by Crippen LogP contribution is -2.70. The van der Waals surface area contributed by atoms with Gasteiger partial charge in [-0.2, -0.15) is 5.10 Å². The van der Waals surface area contributed by atoms with E-state index < -0.39 is 0 Å². The molecule has 4 aromatic heterocycles. The molecule has 3 aliphatic heterocycles. The van der Waals surface area contributed by atoms with E-state index in [9.17, 15) is 4.79 Å². The van der Waals surface area contributed by atoms with Crippen LogP contribution in [0.3, 0.4) is 0 Å². The molecule has 1 aliphatic carbocycles. The number of methoxy groups -OCH3 is 1. The smallest absolute Gasteiger partial charge is 0.256 e. The van der Waals surface area contributed by atoms with Crippen LogP contribution in [0.1, 0.15) is 41.2 Å². The molecule has 4 fully saturated rings. The normalized spacial score (nSPS) is 19.5. The molecule has 1 amide bonds. The zero-order chi connectivity index (χ0) is 28.2. The largest absolute Gasteiger partial charge is 0.481 e. The molecule has 2 N–H and O–H groups in total. The third kappa shape index (κ3) is 4.37. The minimum atomic E-state index is 0.0193. The molecule has 11 nitrogen and oxygen atoms in total. The maximum Gasteiger partial charge on any atom is 0.256 e. The van der Waals surface area contributed by atoms with E-state index in [-0.39, 0.29) is 18.0 Å². The number of piperazine rings is 1. The van der Waals surface area contributed by atoms with E-state index in [1.165, 1.54) is 12.8 Å². The van der Waals surface area contributed by atoms with E-state index in [1.807, 2.05) is 47.5 Å². The Morgan fingerprint density at radius 1 is 1.00 bits per heavy atom. The van der Waals surface area contributed by atoms with Crippen molar-refractivity contribution in [1.82, 2.24) is 35.0 Å². The van der Waals surface area contributed by atoms with Crippen LogP contribution in [0.25, 0.3) is 22.3 Å². The Balaban J connectivity index is 0.997. The topological polar surface area (TPSA) is 125 Å². The number of carbonyl (C=O) groups is 1. The Labute approximate surface area is 242 Å². The molecular formula is C31H29N9O2. The molecular weight excluding hydrogens is 530 g/mol. The van der Waals surface area contributed by atoms with Crippen molar-refractivity contribution in [3.8, 4) is 17.3 Å². The van der Waals surface area contributed by atoms with Crippen molar-refractivity contribution >= 4 is 34.3 Å². The Bertz CT molecular complexity index is 1770. The van der Waals surface area contributed by atoms with Crippen LogP contribution in [-0.2, 0) is 0 Å². The fourth-order valence-corrected chi connectivity index (χ4v) is 6.04. The second-order valence-electron chi connectivity index (χ2n) is 11.2. The summed E-state index contributed by atoms with van der Waals surface area (Å²) in [5, 5.41) is 11.9. The number of nitrogens with one attached hydrogen (secondary N) is 2. The predicted molar refractivity (Wildman–Crippen MR) is 158 cm³/mol. The number of hydrogen-bond acceptors (Lipinski definition) is 9. The van der Waals surface area contributed by atoms with Crippen LogP contribution in [0.15, 0.2) is 67.0 Å². The first-order chi connectivity index (χ1) is 20.6. The third-order valence-electron chi connectivity index (χ3n) is 8.41. The number of fused-ring (bicyclic) bond motifs is 3. The van der Waals surface area contributed by atoms with E-state index in [0.717, 1.165) is 53.3 Å². The summed E-state index contributed by atoms with van der Waals surface area (Å²) in [7, 11) is 1.56. The van der Waals surface area contributed by atoms with Crippen LogP contribution in [0, 0.1) is 0 Å². The van der Waals surface area contributed by atoms with Crippen LogP contribution in [0.5, 0.6) is 5.88 Å². The molecule has 210 valence electrons. The van der Waals surface area contributed by atoms with Gasteiger partial charge in [0.25, 0.3) is 5.91 Å². The number of aromatic nitrogens is 6. The van der Waals surface area contributed by atoms with E-state index >= 15 is 0 Å². The maximum absolute atomic E-state index is 13.1. The highest BCUT2D eigenvalue weighted by molar-refractivity contribution is 5.95. The van der Waals surface area contributed by atoms with Crippen LogP contribution >= 0.6 is 0 Å². The Kier molecular flexibility index (Phi) is 5.76. The number of H-pyrrole nitrogens is 1. The van der Waals surface area contributed by atoms with Crippen molar-refractivity contribution in [3.05, 3.63) is 78.2 Å². The van der Waals surface area contributed by atoms with Gasteiger partial charge >= 0.3 is 0 Å². The second kappa shape index (κ2) is 9.79.